The highest BCUT2D eigenvalue weighted by Crippen LogP contribution is 2.38. The first-order chi connectivity index (χ1) is 9.93. The average Bonchev–Trinajstić information content (AvgIpc) is 2.46. The zero-order chi connectivity index (χ0) is 15.0. The summed E-state index contributed by atoms with van der Waals surface area (Å²) < 4.78 is 43.4. The van der Waals surface area contributed by atoms with Crippen LogP contribution >= 0.6 is 0 Å². The van der Waals surface area contributed by atoms with Gasteiger partial charge in [0.2, 0.25) is 0 Å². The predicted octanol–water partition coefficient (Wildman–Crippen LogP) is 4.53. The minimum absolute atomic E-state index is 0.164. The molecule has 3 rings (SSSR count). The van der Waals surface area contributed by atoms with Crippen molar-refractivity contribution in [2.75, 3.05) is 6.61 Å². The predicted molar refractivity (Wildman–Crippen MR) is 74.3 cm³/mol. The topological polar surface area (TPSA) is 21.6 Å². The van der Waals surface area contributed by atoms with Gasteiger partial charge in [0.05, 0.1) is 11.3 Å². The van der Waals surface area contributed by atoms with Crippen LogP contribution in [0.4, 0.5) is 18.9 Å². The number of ether oxygens (including phenoxy) is 1. The molecule has 0 aromatic heterocycles. The number of alkyl halides is 3. The first-order valence-electron chi connectivity index (χ1n) is 6.42. The summed E-state index contributed by atoms with van der Waals surface area (Å²) >= 11 is 0. The van der Waals surface area contributed by atoms with Crippen LogP contribution in [0.5, 0.6) is 5.75 Å². The maximum absolute atomic E-state index is 12.6. The molecule has 2 aromatic carbocycles. The highest BCUT2D eigenvalue weighted by molar-refractivity contribution is 6.04. The number of aliphatic imine (C=N–C) groups is 1. The van der Waals surface area contributed by atoms with E-state index >= 15 is 0 Å². The molecule has 1 aliphatic heterocycles. The van der Waals surface area contributed by atoms with Gasteiger partial charge >= 0.3 is 6.18 Å². The van der Waals surface area contributed by atoms with E-state index < -0.39 is 11.7 Å². The number of benzene rings is 2. The van der Waals surface area contributed by atoms with E-state index in [9.17, 15) is 13.2 Å². The lowest BCUT2D eigenvalue weighted by molar-refractivity contribution is -0.137. The zero-order valence-corrected chi connectivity index (χ0v) is 11.2. The third-order valence-corrected chi connectivity index (χ3v) is 3.29. The van der Waals surface area contributed by atoms with Crippen LogP contribution in [0.15, 0.2) is 47.5 Å². The molecule has 5 heteroatoms. The number of nitrogens with zero attached hydrogens (tertiary/aromatic N) is 1. The summed E-state index contributed by atoms with van der Waals surface area (Å²) in [7, 11) is 0. The minimum atomic E-state index is -4.38. The summed E-state index contributed by atoms with van der Waals surface area (Å²) in [5.74, 6) is 0.167. The minimum Gasteiger partial charge on any atom is -0.485 e. The number of aryl methyl sites for hydroxylation is 1. The molecule has 108 valence electrons. The van der Waals surface area contributed by atoms with Crippen LogP contribution in [0.3, 0.4) is 0 Å². The Morgan fingerprint density at radius 2 is 1.76 bits per heavy atom. The normalized spacial score (nSPS) is 14.2. The monoisotopic (exact) mass is 291 g/mol. The van der Waals surface area contributed by atoms with Gasteiger partial charge in [0, 0.05) is 0 Å². The van der Waals surface area contributed by atoms with E-state index in [2.05, 4.69) is 4.99 Å². The van der Waals surface area contributed by atoms with Crippen molar-refractivity contribution in [1.82, 2.24) is 0 Å². The third kappa shape index (κ3) is 2.77. The fourth-order valence-corrected chi connectivity index (χ4v) is 2.12. The molecule has 0 N–H and O–H groups in total. The van der Waals surface area contributed by atoms with Crippen LogP contribution < -0.4 is 4.74 Å². The highest BCUT2D eigenvalue weighted by atomic mass is 19.4. The van der Waals surface area contributed by atoms with Gasteiger partial charge in [-0.1, -0.05) is 29.8 Å². The molecule has 0 saturated heterocycles. The Hall–Kier alpha value is -2.30. The lowest BCUT2D eigenvalue weighted by Gasteiger charge is -2.18. The zero-order valence-electron chi connectivity index (χ0n) is 11.2. The summed E-state index contributed by atoms with van der Waals surface area (Å²) in [6, 6.07) is 11.1. The van der Waals surface area contributed by atoms with Crippen LogP contribution in [-0.4, -0.2) is 12.3 Å². The first kappa shape index (κ1) is 13.7. The summed E-state index contributed by atoms with van der Waals surface area (Å²) in [5, 5.41) is 0. The van der Waals surface area contributed by atoms with Crippen LogP contribution in [0.2, 0.25) is 0 Å². The summed E-state index contributed by atoms with van der Waals surface area (Å²) in [6.07, 6.45) is -4.38. The number of fused-ring (bicyclic) bond motifs is 1. The lowest BCUT2D eigenvalue weighted by atomic mass is 10.1. The van der Waals surface area contributed by atoms with Crippen molar-refractivity contribution in [3.05, 3.63) is 59.2 Å². The molecule has 0 bridgehead atoms. The van der Waals surface area contributed by atoms with Gasteiger partial charge in [-0.3, -0.25) is 0 Å². The molecule has 2 nitrogen and oxygen atoms in total. The number of rotatable bonds is 1. The number of hydrogen-bond acceptors (Lipinski definition) is 2. The number of hydrogen-bond donors (Lipinski definition) is 0. The molecule has 0 fully saturated rings. The molecule has 0 aliphatic carbocycles. The van der Waals surface area contributed by atoms with Crippen molar-refractivity contribution < 1.29 is 17.9 Å². The Balaban J connectivity index is 1.96. The van der Waals surface area contributed by atoms with Crippen LogP contribution in [0.1, 0.15) is 16.7 Å². The molecule has 21 heavy (non-hydrogen) atoms. The Morgan fingerprint density at radius 1 is 1.05 bits per heavy atom. The second-order valence-corrected chi connectivity index (χ2v) is 4.89. The van der Waals surface area contributed by atoms with E-state index in [1.165, 1.54) is 6.07 Å². The van der Waals surface area contributed by atoms with Gasteiger partial charge in [-0.25, -0.2) is 4.99 Å². The fourth-order valence-electron chi connectivity index (χ4n) is 2.12. The Kier molecular flexibility index (Phi) is 3.20. The molecular weight excluding hydrogens is 279 g/mol. The molecule has 0 radical (unpaired) electrons. The molecule has 0 unspecified atom stereocenters. The maximum Gasteiger partial charge on any atom is 0.416 e. The third-order valence-electron chi connectivity index (χ3n) is 3.29. The highest BCUT2D eigenvalue weighted by Gasteiger charge is 2.31. The molecule has 0 saturated carbocycles. The molecule has 0 spiro atoms. The molecule has 1 aliphatic rings. The lowest BCUT2D eigenvalue weighted by Crippen LogP contribution is -2.17. The molecule has 1 heterocycles. The average molecular weight is 291 g/mol. The largest absolute Gasteiger partial charge is 0.485 e. The van der Waals surface area contributed by atoms with Gasteiger partial charge in [-0.05, 0) is 30.7 Å². The van der Waals surface area contributed by atoms with Gasteiger partial charge in [-0.15, -0.1) is 0 Å². The molecular formula is C16H12F3NO. The summed E-state index contributed by atoms with van der Waals surface area (Å²) in [4.78, 5) is 4.39. The van der Waals surface area contributed by atoms with Crippen LogP contribution in [0, 0.1) is 6.92 Å². The van der Waals surface area contributed by atoms with E-state index in [0.29, 0.717) is 11.4 Å². The number of halogens is 3. The summed E-state index contributed by atoms with van der Waals surface area (Å²) in [6.45, 7) is 2.15. The molecule has 0 atom stereocenters. The summed E-state index contributed by atoms with van der Waals surface area (Å²) in [5.41, 5.74) is 2.44. The van der Waals surface area contributed by atoms with Crippen molar-refractivity contribution in [2.45, 2.75) is 13.1 Å². The van der Waals surface area contributed by atoms with Gasteiger partial charge in [-0.2, -0.15) is 13.2 Å². The smallest absolute Gasteiger partial charge is 0.416 e. The maximum atomic E-state index is 12.6. The molecule has 0 amide bonds. The van der Waals surface area contributed by atoms with Gasteiger partial charge in [0.15, 0.2) is 0 Å². The second-order valence-electron chi connectivity index (χ2n) is 4.89. The standard InChI is InChI=1S/C16H12F3NO/c1-10-2-4-11(5-3-10)14-9-21-15-8-12(16(17,18)19)6-7-13(15)20-14/h2-8H,9H2,1H3. The quantitative estimate of drug-likeness (QED) is 0.756. The van der Waals surface area contributed by atoms with E-state index in [-0.39, 0.29) is 12.4 Å². The van der Waals surface area contributed by atoms with Crippen molar-refractivity contribution in [3.8, 4) is 5.75 Å². The SMILES string of the molecule is Cc1ccc(C2=Nc3ccc(C(F)(F)F)cc3OC2)cc1. The van der Waals surface area contributed by atoms with E-state index in [4.69, 9.17) is 4.74 Å². The first-order valence-corrected chi connectivity index (χ1v) is 6.42. The Bertz CT molecular complexity index is 702. The fraction of sp³-hybridized carbons (Fsp3) is 0.188. The van der Waals surface area contributed by atoms with Crippen molar-refractivity contribution >= 4 is 11.4 Å². The molecule has 2 aromatic rings. The van der Waals surface area contributed by atoms with Crippen molar-refractivity contribution in [1.29, 1.82) is 0 Å². The second kappa shape index (κ2) is 4.91. The van der Waals surface area contributed by atoms with E-state index in [0.717, 1.165) is 23.3 Å². The van der Waals surface area contributed by atoms with E-state index in [1.807, 2.05) is 31.2 Å². The van der Waals surface area contributed by atoms with Crippen LogP contribution in [0.25, 0.3) is 0 Å². The van der Waals surface area contributed by atoms with Crippen LogP contribution in [-0.2, 0) is 6.18 Å². The van der Waals surface area contributed by atoms with Crippen molar-refractivity contribution in [2.24, 2.45) is 4.99 Å². The van der Waals surface area contributed by atoms with Gasteiger partial charge in [0.25, 0.3) is 0 Å². The van der Waals surface area contributed by atoms with Gasteiger partial charge < -0.3 is 4.74 Å². The Labute approximate surface area is 119 Å². The van der Waals surface area contributed by atoms with Gasteiger partial charge in [0.1, 0.15) is 18.0 Å². The van der Waals surface area contributed by atoms with E-state index in [1.54, 1.807) is 0 Å². The Morgan fingerprint density at radius 3 is 2.43 bits per heavy atom. The van der Waals surface area contributed by atoms with Crippen molar-refractivity contribution in [3.63, 3.8) is 0 Å².